The van der Waals surface area contributed by atoms with Crippen LogP contribution in [0.1, 0.15) is 20.8 Å². The molecule has 0 saturated carbocycles. The molecule has 0 spiro atoms. The number of hydrogen-bond acceptors (Lipinski definition) is 5. The Kier molecular flexibility index (Phi) is 6.39. The third-order valence-corrected chi connectivity index (χ3v) is 6.78. The minimum Gasteiger partial charge on any atom is -0.337 e. The van der Waals surface area contributed by atoms with Gasteiger partial charge < -0.3 is 5.32 Å². The molecule has 2 rings (SSSR count). The normalized spacial score (nSPS) is 18.9. The SMILES string of the molecule is CC(C)[C@@](C)(C#N)NC(=O)CN1CCN(S(=O)(=O)c2ccccc2)CC1. The Morgan fingerprint density at radius 1 is 1.23 bits per heavy atom. The summed E-state index contributed by atoms with van der Waals surface area (Å²) in [5.41, 5.74) is -0.907. The van der Waals surface area contributed by atoms with Crippen molar-refractivity contribution in [3.05, 3.63) is 30.3 Å². The van der Waals surface area contributed by atoms with E-state index >= 15 is 0 Å². The predicted molar refractivity (Wildman–Crippen MR) is 98.6 cm³/mol. The first kappa shape index (κ1) is 20.4. The zero-order valence-electron chi connectivity index (χ0n) is 15.5. The number of nitriles is 1. The predicted octanol–water partition coefficient (Wildman–Crippen LogP) is 1.05. The number of amides is 1. The van der Waals surface area contributed by atoms with Gasteiger partial charge in [-0.15, -0.1) is 0 Å². The van der Waals surface area contributed by atoms with Gasteiger partial charge in [-0.3, -0.25) is 9.69 Å². The van der Waals surface area contributed by atoms with Gasteiger partial charge in [-0.2, -0.15) is 9.57 Å². The molecule has 142 valence electrons. The molecule has 1 aromatic rings. The number of carbonyl (C=O) groups excluding carboxylic acids is 1. The Hall–Kier alpha value is -1.95. The highest BCUT2D eigenvalue weighted by atomic mass is 32.2. The molecule has 0 radical (unpaired) electrons. The largest absolute Gasteiger partial charge is 0.337 e. The van der Waals surface area contributed by atoms with E-state index in [1.807, 2.05) is 18.7 Å². The number of piperazine rings is 1. The van der Waals surface area contributed by atoms with Gasteiger partial charge in [-0.1, -0.05) is 32.0 Å². The Bertz CT molecular complexity index is 765. The van der Waals surface area contributed by atoms with E-state index in [2.05, 4.69) is 11.4 Å². The van der Waals surface area contributed by atoms with Gasteiger partial charge in [0, 0.05) is 26.2 Å². The van der Waals surface area contributed by atoms with Gasteiger partial charge in [-0.25, -0.2) is 8.42 Å². The van der Waals surface area contributed by atoms with Crippen molar-refractivity contribution in [1.29, 1.82) is 5.26 Å². The maximum absolute atomic E-state index is 12.6. The number of nitrogens with one attached hydrogen (secondary N) is 1. The zero-order valence-corrected chi connectivity index (χ0v) is 16.3. The standard InChI is InChI=1S/C18H26N4O3S/c1-15(2)18(3,14-19)20-17(23)13-21-9-11-22(12-10-21)26(24,25)16-7-5-4-6-8-16/h4-8,15H,9-13H2,1-3H3,(H,20,23)/t18-/m1/s1. The lowest BCUT2D eigenvalue weighted by atomic mass is 9.90. The minimum absolute atomic E-state index is 0.00990. The molecule has 0 bridgehead atoms. The van der Waals surface area contributed by atoms with E-state index in [0.29, 0.717) is 26.2 Å². The quantitative estimate of drug-likeness (QED) is 0.798. The molecule has 1 heterocycles. The molecule has 0 unspecified atom stereocenters. The van der Waals surface area contributed by atoms with E-state index in [1.54, 1.807) is 37.3 Å². The molecular formula is C18H26N4O3S. The first-order valence-corrected chi connectivity index (χ1v) is 10.1. The van der Waals surface area contributed by atoms with Crippen LogP contribution >= 0.6 is 0 Å². The molecule has 1 aliphatic heterocycles. The van der Waals surface area contributed by atoms with Gasteiger partial charge in [0.1, 0.15) is 5.54 Å². The summed E-state index contributed by atoms with van der Waals surface area (Å²) in [7, 11) is -3.49. The molecule has 1 N–H and O–H groups in total. The average molecular weight is 378 g/mol. The fraction of sp³-hybridized carbons (Fsp3) is 0.556. The summed E-state index contributed by atoms with van der Waals surface area (Å²) in [5.74, 6) is -0.230. The monoisotopic (exact) mass is 378 g/mol. The van der Waals surface area contributed by atoms with E-state index in [0.717, 1.165) is 0 Å². The topological polar surface area (TPSA) is 93.5 Å². The number of sulfonamides is 1. The van der Waals surface area contributed by atoms with Crippen molar-refractivity contribution in [2.24, 2.45) is 5.92 Å². The highest BCUT2D eigenvalue weighted by Crippen LogP contribution is 2.18. The van der Waals surface area contributed by atoms with E-state index in [4.69, 9.17) is 0 Å². The fourth-order valence-corrected chi connectivity index (χ4v) is 4.15. The number of benzene rings is 1. The average Bonchev–Trinajstić information content (AvgIpc) is 2.62. The lowest BCUT2D eigenvalue weighted by molar-refractivity contribution is -0.124. The second kappa shape index (κ2) is 8.16. The second-order valence-corrected chi connectivity index (χ2v) is 8.95. The number of hydrogen-bond donors (Lipinski definition) is 1. The summed E-state index contributed by atoms with van der Waals surface area (Å²) < 4.78 is 26.7. The molecular weight excluding hydrogens is 352 g/mol. The van der Waals surface area contributed by atoms with Crippen LogP contribution in [0.2, 0.25) is 0 Å². The Balaban J connectivity index is 1.91. The lowest BCUT2D eigenvalue weighted by Crippen LogP contribution is -2.55. The van der Waals surface area contributed by atoms with Crippen molar-refractivity contribution in [3.8, 4) is 6.07 Å². The summed E-state index contributed by atoms with van der Waals surface area (Å²) >= 11 is 0. The molecule has 1 aromatic carbocycles. The Labute approximate surface area is 155 Å². The zero-order chi connectivity index (χ0) is 19.4. The van der Waals surface area contributed by atoms with E-state index in [9.17, 15) is 18.5 Å². The van der Waals surface area contributed by atoms with Gasteiger partial charge in [-0.05, 0) is 25.0 Å². The molecule has 1 aliphatic rings. The number of carbonyl (C=O) groups is 1. The second-order valence-electron chi connectivity index (χ2n) is 7.01. The molecule has 1 fully saturated rings. The van der Waals surface area contributed by atoms with Crippen molar-refractivity contribution in [1.82, 2.24) is 14.5 Å². The smallest absolute Gasteiger partial charge is 0.243 e. The molecule has 0 aliphatic carbocycles. The van der Waals surface area contributed by atoms with Crippen LogP contribution in [-0.4, -0.2) is 61.8 Å². The van der Waals surface area contributed by atoms with Crippen molar-refractivity contribution >= 4 is 15.9 Å². The fourth-order valence-electron chi connectivity index (χ4n) is 2.70. The number of rotatable bonds is 6. The Morgan fingerprint density at radius 3 is 2.31 bits per heavy atom. The molecule has 26 heavy (non-hydrogen) atoms. The van der Waals surface area contributed by atoms with Crippen LogP contribution in [0.3, 0.4) is 0 Å². The Morgan fingerprint density at radius 2 is 1.81 bits per heavy atom. The highest BCUT2D eigenvalue weighted by Gasteiger charge is 2.32. The van der Waals surface area contributed by atoms with Crippen molar-refractivity contribution in [2.75, 3.05) is 32.7 Å². The van der Waals surface area contributed by atoms with Crippen LogP contribution in [0.15, 0.2) is 35.2 Å². The van der Waals surface area contributed by atoms with Crippen LogP contribution in [0.5, 0.6) is 0 Å². The molecule has 0 aromatic heterocycles. The molecule has 8 heteroatoms. The molecule has 1 saturated heterocycles. The summed E-state index contributed by atoms with van der Waals surface area (Å²) in [4.78, 5) is 14.4. The molecule has 1 amide bonds. The van der Waals surface area contributed by atoms with Crippen molar-refractivity contribution < 1.29 is 13.2 Å². The van der Waals surface area contributed by atoms with E-state index < -0.39 is 15.6 Å². The van der Waals surface area contributed by atoms with Gasteiger partial charge in [0.2, 0.25) is 15.9 Å². The van der Waals surface area contributed by atoms with Gasteiger partial charge >= 0.3 is 0 Å². The third-order valence-electron chi connectivity index (χ3n) is 4.87. The molecule has 7 nitrogen and oxygen atoms in total. The van der Waals surface area contributed by atoms with Crippen molar-refractivity contribution in [3.63, 3.8) is 0 Å². The van der Waals surface area contributed by atoms with Crippen LogP contribution in [0.4, 0.5) is 0 Å². The summed E-state index contributed by atoms with van der Waals surface area (Å²) in [6.07, 6.45) is 0. The van der Waals surface area contributed by atoms with Crippen LogP contribution in [-0.2, 0) is 14.8 Å². The maximum Gasteiger partial charge on any atom is 0.243 e. The summed E-state index contributed by atoms with van der Waals surface area (Å²) in [6.45, 7) is 7.26. The maximum atomic E-state index is 12.6. The van der Waals surface area contributed by atoms with Gasteiger partial charge in [0.25, 0.3) is 0 Å². The third kappa shape index (κ3) is 4.61. The summed E-state index contributed by atoms with van der Waals surface area (Å²) in [5, 5.41) is 12.1. The van der Waals surface area contributed by atoms with Crippen LogP contribution < -0.4 is 5.32 Å². The van der Waals surface area contributed by atoms with E-state index in [-0.39, 0.29) is 23.3 Å². The van der Waals surface area contributed by atoms with Crippen LogP contribution in [0, 0.1) is 17.2 Å². The minimum atomic E-state index is -3.49. The summed E-state index contributed by atoms with van der Waals surface area (Å²) in [6, 6.07) is 10.5. The van der Waals surface area contributed by atoms with Gasteiger partial charge in [0.05, 0.1) is 17.5 Å². The highest BCUT2D eigenvalue weighted by molar-refractivity contribution is 7.89. The first-order valence-electron chi connectivity index (χ1n) is 8.69. The lowest BCUT2D eigenvalue weighted by Gasteiger charge is -2.34. The van der Waals surface area contributed by atoms with Crippen molar-refractivity contribution in [2.45, 2.75) is 31.2 Å². The molecule has 1 atom stereocenters. The first-order chi connectivity index (χ1) is 12.2. The van der Waals surface area contributed by atoms with E-state index in [1.165, 1.54) is 4.31 Å². The number of nitrogens with zero attached hydrogens (tertiary/aromatic N) is 3. The van der Waals surface area contributed by atoms with Crippen LogP contribution in [0.25, 0.3) is 0 Å². The van der Waals surface area contributed by atoms with Gasteiger partial charge in [0.15, 0.2) is 0 Å².